The Bertz CT molecular complexity index is 1470. The largest absolute Gasteiger partial charge is 0.493 e. The van der Waals surface area contributed by atoms with E-state index in [1.807, 2.05) is 24.2 Å². The van der Waals surface area contributed by atoms with E-state index in [9.17, 15) is 4.79 Å². The molecule has 0 atom stereocenters. The maximum absolute atomic E-state index is 16.2. The second-order valence-electron chi connectivity index (χ2n) is 10.5. The minimum absolute atomic E-state index is 0.0505. The number of carbonyl (C=O) groups is 1. The number of amides is 1. The number of hydrogen-bond donors (Lipinski definition) is 1. The fraction of sp³-hybridized carbons (Fsp3) is 0.481. The van der Waals surface area contributed by atoms with Crippen LogP contribution in [0.3, 0.4) is 0 Å². The van der Waals surface area contributed by atoms with Gasteiger partial charge in [0.2, 0.25) is 5.91 Å². The summed E-state index contributed by atoms with van der Waals surface area (Å²) < 4.78 is 23.4. The van der Waals surface area contributed by atoms with Crippen molar-refractivity contribution in [3.8, 4) is 17.0 Å². The Balaban J connectivity index is 1.47. The number of aromatic amines is 1. The quantitative estimate of drug-likeness (QED) is 0.397. The molecule has 0 spiro atoms. The summed E-state index contributed by atoms with van der Waals surface area (Å²) in [5.74, 6) is 0.789. The van der Waals surface area contributed by atoms with E-state index in [0.29, 0.717) is 47.8 Å². The van der Waals surface area contributed by atoms with Crippen LogP contribution in [0, 0.1) is 5.82 Å². The van der Waals surface area contributed by atoms with Crippen molar-refractivity contribution >= 4 is 28.3 Å². The molecule has 202 valence electrons. The summed E-state index contributed by atoms with van der Waals surface area (Å²) in [7, 11) is 7.11. The molecule has 1 aliphatic rings. The van der Waals surface area contributed by atoms with E-state index >= 15 is 4.39 Å². The molecule has 0 radical (unpaired) electrons. The molecule has 1 aliphatic heterocycles. The van der Waals surface area contributed by atoms with Crippen molar-refractivity contribution in [2.45, 2.75) is 38.6 Å². The number of H-pyrrole nitrogens is 1. The van der Waals surface area contributed by atoms with Crippen LogP contribution in [0.4, 0.5) is 10.2 Å². The maximum atomic E-state index is 16.2. The number of likely N-dealkylation sites (N-methyl/N-ethyl adjacent to an activating group) is 2. The molecule has 1 amide bonds. The zero-order valence-corrected chi connectivity index (χ0v) is 22.8. The molecule has 1 saturated heterocycles. The molecule has 1 fully saturated rings. The minimum atomic E-state index is -0.308. The van der Waals surface area contributed by atoms with Gasteiger partial charge in [-0.2, -0.15) is 5.10 Å². The number of fused-ring (bicyclic) bond motifs is 2. The maximum Gasteiger partial charge on any atom is 0.236 e. The van der Waals surface area contributed by atoms with E-state index in [2.05, 4.69) is 38.8 Å². The third kappa shape index (κ3) is 4.55. The summed E-state index contributed by atoms with van der Waals surface area (Å²) in [6, 6.07) is 2.17. The highest BCUT2D eigenvalue weighted by molar-refractivity contribution is 5.93. The Morgan fingerprint density at radius 3 is 2.63 bits per heavy atom. The van der Waals surface area contributed by atoms with Gasteiger partial charge in [0.25, 0.3) is 0 Å². The van der Waals surface area contributed by atoms with Crippen molar-refractivity contribution in [3.05, 3.63) is 36.2 Å². The third-order valence-corrected chi connectivity index (χ3v) is 7.50. The highest BCUT2D eigenvalue weighted by Crippen LogP contribution is 2.40. The summed E-state index contributed by atoms with van der Waals surface area (Å²) in [4.78, 5) is 30.1. The second-order valence-corrected chi connectivity index (χ2v) is 10.5. The summed E-state index contributed by atoms with van der Waals surface area (Å²) in [6.07, 6.45) is 6.75. The fourth-order valence-corrected chi connectivity index (χ4v) is 5.37. The lowest BCUT2D eigenvalue weighted by Crippen LogP contribution is -2.46. The lowest BCUT2D eigenvalue weighted by molar-refractivity contribution is -0.130. The molecular formula is C27H35FN8O2. The van der Waals surface area contributed by atoms with Gasteiger partial charge in [0.15, 0.2) is 23.0 Å². The molecule has 38 heavy (non-hydrogen) atoms. The van der Waals surface area contributed by atoms with Gasteiger partial charge in [-0.15, -0.1) is 0 Å². The molecule has 4 aromatic heterocycles. The van der Waals surface area contributed by atoms with Gasteiger partial charge in [0.1, 0.15) is 6.33 Å². The van der Waals surface area contributed by atoms with E-state index in [1.165, 1.54) is 6.33 Å². The number of ether oxygens (including phenoxy) is 1. The van der Waals surface area contributed by atoms with Gasteiger partial charge in [-0.05, 0) is 37.4 Å². The number of halogens is 1. The van der Waals surface area contributed by atoms with Crippen LogP contribution in [0.2, 0.25) is 0 Å². The van der Waals surface area contributed by atoms with E-state index < -0.39 is 0 Å². The highest BCUT2D eigenvalue weighted by atomic mass is 19.1. The Labute approximate surface area is 221 Å². The molecule has 0 aliphatic carbocycles. The second kappa shape index (κ2) is 10.2. The Hall–Kier alpha value is -3.73. The van der Waals surface area contributed by atoms with Gasteiger partial charge in [-0.3, -0.25) is 9.69 Å². The van der Waals surface area contributed by atoms with Crippen LogP contribution in [-0.4, -0.2) is 94.2 Å². The molecule has 0 aromatic carbocycles. The lowest BCUT2D eigenvalue weighted by Gasteiger charge is -2.37. The minimum Gasteiger partial charge on any atom is -0.493 e. The van der Waals surface area contributed by atoms with Gasteiger partial charge in [-0.25, -0.2) is 18.9 Å². The molecule has 5 heterocycles. The highest BCUT2D eigenvalue weighted by Gasteiger charge is 2.29. The first kappa shape index (κ1) is 25.9. The number of pyridine rings is 2. The number of hydrogen-bond acceptors (Lipinski definition) is 7. The van der Waals surface area contributed by atoms with Gasteiger partial charge >= 0.3 is 0 Å². The topological polar surface area (TPSA) is 94.9 Å². The molecule has 1 N–H and O–H groups in total. The van der Waals surface area contributed by atoms with E-state index in [4.69, 9.17) is 4.74 Å². The van der Waals surface area contributed by atoms with Crippen LogP contribution in [0.25, 0.3) is 27.8 Å². The molecule has 0 saturated carbocycles. The monoisotopic (exact) mass is 522 g/mol. The predicted molar refractivity (Wildman–Crippen MR) is 145 cm³/mol. The average Bonchev–Trinajstić information content (AvgIpc) is 3.53. The first-order valence-corrected chi connectivity index (χ1v) is 12.9. The van der Waals surface area contributed by atoms with Crippen LogP contribution in [0.5, 0.6) is 5.75 Å². The van der Waals surface area contributed by atoms with Crippen molar-refractivity contribution in [2.75, 3.05) is 52.8 Å². The number of nitrogens with one attached hydrogen (secondary N) is 1. The molecule has 5 rings (SSSR count). The van der Waals surface area contributed by atoms with Crippen LogP contribution in [-0.2, 0) is 4.79 Å². The SMILES string of the molecule is COc1cc(-c2[nH]c3cnc(N4CCC(N(C)CC(=O)N(C)C)CC4)c(F)c3c2C(C)C)cn2ncnc12. The standard InChI is InChI=1S/C27H35FN8O2/c1-16(2)22-23-19(32-25(22)17-11-20(38-6)26-30-15-31-36(26)13-17)12-29-27(24(23)28)35-9-7-18(8-10-35)34(5)14-21(37)33(3)4/h11-13,15-16,18,32H,7-10,14H2,1-6H3. The van der Waals surface area contributed by atoms with Crippen molar-refractivity contribution in [3.63, 3.8) is 0 Å². The van der Waals surface area contributed by atoms with Crippen LogP contribution < -0.4 is 9.64 Å². The molecule has 0 unspecified atom stereocenters. The summed E-state index contributed by atoms with van der Waals surface area (Å²) >= 11 is 0. The van der Waals surface area contributed by atoms with Crippen molar-refractivity contribution in [1.29, 1.82) is 0 Å². The normalized spacial score (nSPS) is 14.8. The van der Waals surface area contributed by atoms with Crippen molar-refractivity contribution < 1.29 is 13.9 Å². The summed E-state index contributed by atoms with van der Waals surface area (Å²) in [5.41, 5.74) is 3.80. The number of methoxy groups -OCH3 is 1. The lowest BCUT2D eigenvalue weighted by atomic mass is 9.96. The first-order valence-electron chi connectivity index (χ1n) is 12.9. The molecule has 11 heteroatoms. The number of piperidine rings is 1. The Morgan fingerprint density at radius 1 is 1.24 bits per heavy atom. The van der Waals surface area contributed by atoms with E-state index in [1.54, 1.807) is 36.8 Å². The zero-order chi connectivity index (χ0) is 27.1. The first-order chi connectivity index (χ1) is 18.2. The van der Waals surface area contributed by atoms with E-state index in [-0.39, 0.29) is 23.7 Å². The molecule has 4 aromatic rings. The number of nitrogens with zero attached hydrogens (tertiary/aromatic N) is 7. The fourth-order valence-electron chi connectivity index (χ4n) is 5.37. The Kier molecular flexibility index (Phi) is 6.95. The van der Waals surface area contributed by atoms with Crippen LogP contribution in [0.15, 0.2) is 24.8 Å². The number of rotatable bonds is 7. The Morgan fingerprint density at radius 2 is 1.97 bits per heavy atom. The molecule has 0 bridgehead atoms. The smallest absolute Gasteiger partial charge is 0.236 e. The van der Waals surface area contributed by atoms with Crippen molar-refractivity contribution in [2.24, 2.45) is 0 Å². The summed E-state index contributed by atoms with van der Waals surface area (Å²) in [5, 5.41) is 4.83. The predicted octanol–water partition coefficient (Wildman–Crippen LogP) is 3.53. The number of carbonyl (C=O) groups excluding carboxylic acids is 1. The van der Waals surface area contributed by atoms with Crippen molar-refractivity contribution in [1.82, 2.24) is 34.4 Å². The van der Waals surface area contributed by atoms with Gasteiger partial charge in [-0.1, -0.05) is 13.8 Å². The average molecular weight is 523 g/mol. The third-order valence-electron chi connectivity index (χ3n) is 7.50. The number of anilines is 1. The molecular weight excluding hydrogens is 487 g/mol. The van der Waals surface area contributed by atoms with Crippen LogP contribution >= 0.6 is 0 Å². The van der Waals surface area contributed by atoms with Gasteiger partial charge in [0.05, 0.1) is 31.1 Å². The zero-order valence-electron chi connectivity index (χ0n) is 22.8. The van der Waals surface area contributed by atoms with E-state index in [0.717, 1.165) is 29.7 Å². The van der Waals surface area contributed by atoms with Gasteiger partial charge in [0, 0.05) is 50.4 Å². The van der Waals surface area contributed by atoms with Crippen LogP contribution in [0.1, 0.15) is 38.2 Å². The molecule has 10 nitrogen and oxygen atoms in total. The number of aromatic nitrogens is 5. The summed E-state index contributed by atoms with van der Waals surface area (Å²) in [6.45, 7) is 5.86. The van der Waals surface area contributed by atoms with Gasteiger partial charge < -0.3 is 19.5 Å².